The van der Waals surface area contributed by atoms with E-state index in [1.54, 1.807) is 16.7 Å². The summed E-state index contributed by atoms with van der Waals surface area (Å²) in [5, 5.41) is 24.9. The third-order valence-corrected chi connectivity index (χ3v) is 6.39. The van der Waals surface area contributed by atoms with Crippen LogP contribution >= 0.6 is 15.9 Å². The van der Waals surface area contributed by atoms with Gasteiger partial charge in [0.1, 0.15) is 0 Å². The number of hydrogen-bond donors (Lipinski definition) is 4. The molecular weight excluding hydrogens is 430 g/mol. The summed E-state index contributed by atoms with van der Waals surface area (Å²) in [5.41, 5.74) is 1.00. The second-order valence-corrected chi connectivity index (χ2v) is 8.36. The zero-order valence-electron chi connectivity index (χ0n) is 15.2. The molecule has 0 saturated heterocycles. The van der Waals surface area contributed by atoms with Crippen LogP contribution in [0.1, 0.15) is 37.3 Å². The van der Waals surface area contributed by atoms with Crippen molar-refractivity contribution in [3.8, 4) is 5.75 Å². The number of nitrogens with one attached hydrogen (secondary N) is 2. The fourth-order valence-corrected chi connectivity index (χ4v) is 4.10. The Balaban J connectivity index is 1.69. The highest BCUT2D eigenvalue weighted by Gasteiger charge is 2.37. The van der Waals surface area contributed by atoms with E-state index in [9.17, 15) is 19.5 Å². The standard InChI is InChI=1S/C19H20BrN3O5/c1-8-13(20)5-4-12-15(8)23(11-2-3-11)18(26)14(16(12)24)22-17(25)9-6-10(7-9)21-19(27)28/h4-5,9-11,21,24H,2-3,6-7H2,1H3,(H,22,25)(H,27,28)/t9-,10-. The number of halogens is 1. The van der Waals surface area contributed by atoms with E-state index in [2.05, 4.69) is 26.6 Å². The summed E-state index contributed by atoms with van der Waals surface area (Å²) < 4.78 is 2.51. The van der Waals surface area contributed by atoms with Crippen LogP contribution in [0.3, 0.4) is 0 Å². The molecule has 2 amide bonds. The molecule has 0 bridgehead atoms. The molecule has 8 nitrogen and oxygen atoms in total. The van der Waals surface area contributed by atoms with Crippen LogP contribution in [0.4, 0.5) is 10.5 Å². The lowest BCUT2D eigenvalue weighted by atomic mass is 9.79. The first-order chi connectivity index (χ1) is 13.3. The molecule has 2 aliphatic rings. The number of hydrogen-bond acceptors (Lipinski definition) is 4. The van der Waals surface area contributed by atoms with Gasteiger partial charge in [0, 0.05) is 27.9 Å². The lowest BCUT2D eigenvalue weighted by molar-refractivity contribution is -0.122. The smallest absolute Gasteiger partial charge is 0.404 e. The molecule has 2 aliphatic carbocycles. The van der Waals surface area contributed by atoms with Gasteiger partial charge in [0.25, 0.3) is 5.56 Å². The summed E-state index contributed by atoms with van der Waals surface area (Å²) in [6, 6.07) is 3.33. The maximum absolute atomic E-state index is 13.1. The summed E-state index contributed by atoms with van der Waals surface area (Å²) in [4.78, 5) is 36.3. The fourth-order valence-electron chi connectivity index (χ4n) is 3.78. The predicted octanol–water partition coefficient (Wildman–Crippen LogP) is 3.10. The van der Waals surface area contributed by atoms with Crippen LogP contribution in [-0.2, 0) is 4.79 Å². The van der Waals surface area contributed by atoms with Gasteiger partial charge in [-0.3, -0.25) is 9.59 Å². The van der Waals surface area contributed by atoms with Crippen LogP contribution in [0.25, 0.3) is 10.9 Å². The number of benzene rings is 1. The number of aromatic nitrogens is 1. The number of fused-ring (bicyclic) bond motifs is 1. The summed E-state index contributed by atoms with van der Waals surface area (Å²) in [7, 11) is 0. The molecule has 1 aromatic heterocycles. The van der Waals surface area contributed by atoms with Crippen LogP contribution in [0, 0.1) is 12.8 Å². The normalized spacial score (nSPS) is 21.2. The number of pyridine rings is 1. The zero-order valence-corrected chi connectivity index (χ0v) is 16.7. The highest BCUT2D eigenvalue weighted by molar-refractivity contribution is 9.10. The van der Waals surface area contributed by atoms with Gasteiger partial charge in [-0.2, -0.15) is 0 Å². The van der Waals surface area contributed by atoms with Crippen molar-refractivity contribution in [2.24, 2.45) is 5.92 Å². The van der Waals surface area contributed by atoms with Crippen LogP contribution in [0.15, 0.2) is 21.4 Å². The number of amides is 2. The minimum Gasteiger partial charge on any atom is -0.505 e. The third-order valence-electron chi connectivity index (χ3n) is 5.53. The Bertz CT molecular complexity index is 1050. The number of carboxylic acid groups (broad SMARTS) is 1. The number of rotatable bonds is 4. The van der Waals surface area contributed by atoms with Gasteiger partial charge in [0.2, 0.25) is 5.91 Å². The van der Waals surface area contributed by atoms with Crippen LogP contribution in [0.5, 0.6) is 5.75 Å². The lowest BCUT2D eigenvalue weighted by Gasteiger charge is -2.33. The number of carbonyl (C=O) groups is 2. The van der Waals surface area contributed by atoms with Crippen molar-refractivity contribution in [1.82, 2.24) is 9.88 Å². The highest BCUT2D eigenvalue weighted by Crippen LogP contribution is 2.42. The van der Waals surface area contributed by atoms with E-state index >= 15 is 0 Å². The first-order valence-electron chi connectivity index (χ1n) is 9.14. The number of aryl methyl sites for hydroxylation is 1. The molecule has 0 unspecified atom stereocenters. The SMILES string of the molecule is Cc1c(Br)ccc2c(O)c(NC(=O)[C@H]3C[C@H](NC(=O)O)C3)c(=O)n(C3CC3)c12. The molecular formula is C19H20BrN3O5. The molecule has 9 heteroatoms. The molecule has 0 spiro atoms. The van der Waals surface area contributed by atoms with Crippen molar-refractivity contribution in [2.45, 2.75) is 44.7 Å². The quantitative estimate of drug-likeness (QED) is 0.571. The second kappa shape index (κ2) is 6.80. The maximum Gasteiger partial charge on any atom is 0.404 e. The first kappa shape index (κ1) is 18.8. The summed E-state index contributed by atoms with van der Waals surface area (Å²) in [6.07, 6.45) is 1.38. The van der Waals surface area contributed by atoms with Crippen LogP contribution < -0.4 is 16.2 Å². The van der Waals surface area contributed by atoms with E-state index in [4.69, 9.17) is 5.11 Å². The molecule has 4 N–H and O–H groups in total. The van der Waals surface area contributed by atoms with Gasteiger partial charge in [-0.1, -0.05) is 15.9 Å². The van der Waals surface area contributed by atoms with E-state index in [-0.39, 0.29) is 29.4 Å². The largest absolute Gasteiger partial charge is 0.505 e. The van der Waals surface area contributed by atoms with Crippen molar-refractivity contribution >= 4 is 44.5 Å². The van der Waals surface area contributed by atoms with Gasteiger partial charge in [0.15, 0.2) is 11.4 Å². The van der Waals surface area contributed by atoms with Crippen molar-refractivity contribution < 1.29 is 19.8 Å². The number of nitrogens with zero attached hydrogens (tertiary/aromatic N) is 1. The monoisotopic (exact) mass is 449 g/mol. The Hall–Kier alpha value is -2.55. The van der Waals surface area contributed by atoms with Gasteiger partial charge in [-0.15, -0.1) is 0 Å². The van der Waals surface area contributed by atoms with E-state index in [1.807, 2.05) is 6.92 Å². The fraction of sp³-hybridized carbons (Fsp3) is 0.421. The lowest BCUT2D eigenvalue weighted by Crippen LogP contribution is -2.47. The molecule has 0 atom stereocenters. The van der Waals surface area contributed by atoms with Gasteiger partial charge >= 0.3 is 6.09 Å². The van der Waals surface area contributed by atoms with Gasteiger partial charge in [0.05, 0.1) is 5.52 Å². The average Bonchev–Trinajstić information content (AvgIpc) is 3.42. The molecule has 1 aromatic carbocycles. The third kappa shape index (κ3) is 3.13. The van der Waals surface area contributed by atoms with E-state index < -0.39 is 17.6 Å². The number of anilines is 1. The maximum atomic E-state index is 13.1. The Labute approximate surface area is 168 Å². The topological polar surface area (TPSA) is 121 Å². The molecule has 0 aliphatic heterocycles. The Kier molecular flexibility index (Phi) is 4.57. The zero-order chi connectivity index (χ0) is 20.2. The molecule has 2 saturated carbocycles. The Morgan fingerprint density at radius 2 is 1.93 bits per heavy atom. The summed E-state index contributed by atoms with van der Waals surface area (Å²) in [5.74, 6) is -1.01. The van der Waals surface area contributed by atoms with Crippen molar-refractivity contribution in [3.63, 3.8) is 0 Å². The summed E-state index contributed by atoms with van der Waals surface area (Å²) in [6.45, 7) is 1.88. The highest BCUT2D eigenvalue weighted by atomic mass is 79.9. The molecule has 148 valence electrons. The van der Waals surface area contributed by atoms with Crippen LogP contribution in [0.2, 0.25) is 0 Å². The van der Waals surface area contributed by atoms with E-state index in [0.29, 0.717) is 23.7 Å². The average molecular weight is 450 g/mol. The molecule has 0 radical (unpaired) electrons. The van der Waals surface area contributed by atoms with Crippen molar-refractivity contribution in [1.29, 1.82) is 0 Å². The minimum absolute atomic E-state index is 0.0621. The summed E-state index contributed by atoms with van der Waals surface area (Å²) >= 11 is 3.47. The molecule has 4 rings (SSSR count). The molecule has 2 fully saturated rings. The van der Waals surface area contributed by atoms with Crippen molar-refractivity contribution in [3.05, 3.63) is 32.5 Å². The molecule has 28 heavy (non-hydrogen) atoms. The van der Waals surface area contributed by atoms with Gasteiger partial charge < -0.3 is 25.4 Å². The Morgan fingerprint density at radius 1 is 1.25 bits per heavy atom. The predicted molar refractivity (Wildman–Crippen MR) is 107 cm³/mol. The molecule has 1 heterocycles. The molecule has 2 aromatic rings. The van der Waals surface area contributed by atoms with E-state index in [0.717, 1.165) is 22.9 Å². The minimum atomic E-state index is -1.12. The number of carbonyl (C=O) groups excluding carboxylic acids is 1. The Morgan fingerprint density at radius 3 is 2.54 bits per heavy atom. The number of aromatic hydroxyl groups is 1. The van der Waals surface area contributed by atoms with Gasteiger partial charge in [-0.25, -0.2) is 4.79 Å². The van der Waals surface area contributed by atoms with E-state index in [1.165, 1.54) is 0 Å². The van der Waals surface area contributed by atoms with Crippen LogP contribution in [-0.4, -0.2) is 32.8 Å². The second-order valence-electron chi connectivity index (χ2n) is 7.50. The van der Waals surface area contributed by atoms with Gasteiger partial charge in [-0.05, 0) is 50.3 Å². The first-order valence-corrected chi connectivity index (χ1v) is 9.93. The van der Waals surface area contributed by atoms with Crippen molar-refractivity contribution in [2.75, 3.05) is 5.32 Å².